The summed E-state index contributed by atoms with van der Waals surface area (Å²) in [5.74, 6) is 0.913. The molecule has 1 aliphatic carbocycles. The minimum absolute atomic E-state index is 0.0837. The van der Waals surface area contributed by atoms with Gasteiger partial charge in [0.1, 0.15) is 0 Å². The van der Waals surface area contributed by atoms with Crippen molar-refractivity contribution in [2.24, 2.45) is 5.92 Å². The van der Waals surface area contributed by atoms with Gasteiger partial charge < -0.3 is 11.1 Å². The first-order valence-electron chi connectivity index (χ1n) is 7.02. The second-order valence-electron chi connectivity index (χ2n) is 5.88. The number of hydrogen-bond donors (Lipinski definition) is 2. The van der Waals surface area contributed by atoms with E-state index in [-0.39, 0.29) is 5.91 Å². The number of amides is 1. The molecule has 0 aromatic heterocycles. The van der Waals surface area contributed by atoms with Gasteiger partial charge in [-0.3, -0.25) is 9.69 Å². The van der Waals surface area contributed by atoms with Crippen LogP contribution in [0.3, 0.4) is 0 Å². The van der Waals surface area contributed by atoms with Gasteiger partial charge in [-0.2, -0.15) is 0 Å². The number of piperidine rings is 1. The molecule has 1 aliphatic heterocycles. The first-order valence-corrected chi connectivity index (χ1v) is 7.02. The number of aryl methyl sites for hydroxylation is 1. The highest BCUT2D eigenvalue weighted by atomic mass is 16.2. The van der Waals surface area contributed by atoms with E-state index in [4.69, 9.17) is 5.73 Å². The summed E-state index contributed by atoms with van der Waals surface area (Å²) in [4.78, 5) is 14.4. The van der Waals surface area contributed by atoms with Gasteiger partial charge in [-0.05, 0) is 55.9 Å². The molecule has 0 spiro atoms. The lowest BCUT2D eigenvalue weighted by Gasteiger charge is -2.26. The van der Waals surface area contributed by atoms with Gasteiger partial charge in [0.25, 0.3) is 0 Å². The third-order valence-corrected chi connectivity index (χ3v) is 4.39. The molecule has 2 fully saturated rings. The zero-order chi connectivity index (χ0) is 13.4. The van der Waals surface area contributed by atoms with E-state index in [2.05, 4.69) is 10.2 Å². The van der Waals surface area contributed by atoms with E-state index in [1.165, 1.54) is 19.3 Å². The molecule has 1 heterocycles. The van der Waals surface area contributed by atoms with Crippen LogP contribution in [0.15, 0.2) is 18.2 Å². The van der Waals surface area contributed by atoms with Crippen LogP contribution < -0.4 is 11.1 Å². The third kappa shape index (κ3) is 2.59. The van der Waals surface area contributed by atoms with Crippen LogP contribution in [0.4, 0.5) is 11.4 Å². The van der Waals surface area contributed by atoms with Gasteiger partial charge in [-0.1, -0.05) is 0 Å². The quantitative estimate of drug-likeness (QED) is 0.816. The first kappa shape index (κ1) is 12.5. The largest absolute Gasteiger partial charge is 0.399 e. The molecule has 1 aromatic rings. The molecule has 1 amide bonds. The Balaban J connectivity index is 1.59. The predicted octanol–water partition coefficient (Wildman–Crippen LogP) is 2.00. The lowest BCUT2D eigenvalue weighted by atomic mass is 10.1. The van der Waals surface area contributed by atoms with Crippen molar-refractivity contribution in [1.82, 2.24) is 4.90 Å². The average Bonchev–Trinajstić information content (AvgIpc) is 2.95. The number of carbonyl (C=O) groups is 1. The summed E-state index contributed by atoms with van der Waals surface area (Å²) >= 11 is 0. The van der Waals surface area contributed by atoms with Crippen LogP contribution in [-0.2, 0) is 4.79 Å². The number of benzene rings is 1. The van der Waals surface area contributed by atoms with E-state index in [0.717, 1.165) is 29.4 Å². The molecule has 1 saturated heterocycles. The molecule has 2 bridgehead atoms. The number of fused-ring (bicyclic) bond motifs is 2. The number of likely N-dealkylation sites (tertiary alicyclic amines) is 1. The highest BCUT2D eigenvalue weighted by molar-refractivity contribution is 5.93. The summed E-state index contributed by atoms with van der Waals surface area (Å²) in [6, 6.07) is 6.22. The zero-order valence-electron chi connectivity index (χ0n) is 11.4. The van der Waals surface area contributed by atoms with Crippen molar-refractivity contribution in [2.75, 3.05) is 24.1 Å². The molecule has 102 valence electrons. The minimum atomic E-state index is 0.0837. The van der Waals surface area contributed by atoms with E-state index >= 15 is 0 Å². The van der Waals surface area contributed by atoms with E-state index in [9.17, 15) is 4.79 Å². The number of anilines is 2. The maximum absolute atomic E-state index is 12.1. The van der Waals surface area contributed by atoms with Crippen LogP contribution >= 0.6 is 0 Å². The lowest BCUT2D eigenvalue weighted by Crippen LogP contribution is -2.38. The van der Waals surface area contributed by atoms with Crippen LogP contribution in [0, 0.1) is 12.8 Å². The maximum atomic E-state index is 12.1. The monoisotopic (exact) mass is 259 g/mol. The molecule has 2 unspecified atom stereocenters. The average molecular weight is 259 g/mol. The highest BCUT2D eigenvalue weighted by Crippen LogP contribution is 2.37. The minimum Gasteiger partial charge on any atom is -0.399 e. The van der Waals surface area contributed by atoms with E-state index in [0.29, 0.717) is 12.6 Å². The van der Waals surface area contributed by atoms with E-state index in [1.54, 1.807) is 0 Å². The number of hydrogen-bond acceptors (Lipinski definition) is 3. The van der Waals surface area contributed by atoms with Gasteiger partial charge in [0.05, 0.1) is 6.54 Å². The van der Waals surface area contributed by atoms with E-state index < -0.39 is 0 Å². The number of carbonyl (C=O) groups excluding carboxylic acids is 1. The zero-order valence-corrected chi connectivity index (χ0v) is 11.4. The molecule has 3 N–H and O–H groups in total. The van der Waals surface area contributed by atoms with Gasteiger partial charge in [-0.15, -0.1) is 0 Å². The highest BCUT2D eigenvalue weighted by Gasteiger charge is 2.38. The van der Waals surface area contributed by atoms with Gasteiger partial charge >= 0.3 is 0 Å². The molecular formula is C15H21N3O. The van der Waals surface area contributed by atoms with Crippen molar-refractivity contribution in [3.8, 4) is 0 Å². The summed E-state index contributed by atoms with van der Waals surface area (Å²) in [5.41, 5.74) is 8.31. The van der Waals surface area contributed by atoms with Crippen molar-refractivity contribution < 1.29 is 4.79 Å². The molecule has 2 aliphatic rings. The Hall–Kier alpha value is -1.55. The summed E-state index contributed by atoms with van der Waals surface area (Å²) < 4.78 is 0. The van der Waals surface area contributed by atoms with Gasteiger partial charge in [0.15, 0.2) is 0 Å². The molecule has 4 nitrogen and oxygen atoms in total. The second kappa shape index (κ2) is 4.85. The van der Waals surface area contributed by atoms with Crippen molar-refractivity contribution >= 4 is 17.3 Å². The molecule has 2 atom stereocenters. The third-order valence-electron chi connectivity index (χ3n) is 4.39. The van der Waals surface area contributed by atoms with E-state index in [1.807, 2.05) is 25.1 Å². The molecule has 0 radical (unpaired) electrons. The van der Waals surface area contributed by atoms with Gasteiger partial charge in [0, 0.05) is 24.0 Å². The maximum Gasteiger partial charge on any atom is 0.238 e. The molecule has 19 heavy (non-hydrogen) atoms. The van der Waals surface area contributed by atoms with Crippen LogP contribution in [-0.4, -0.2) is 29.9 Å². The Kier molecular flexibility index (Phi) is 3.19. The van der Waals surface area contributed by atoms with Crippen molar-refractivity contribution in [2.45, 2.75) is 32.2 Å². The molecule has 1 saturated carbocycles. The van der Waals surface area contributed by atoms with Crippen LogP contribution in [0.1, 0.15) is 24.8 Å². The summed E-state index contributed by atoms with van der Waals surface area (Å²) in [6.07, 6.45) is 3.90. The van der Waals surface area contributed by atoms with Gasteiger partial charge in [-0.25, -0.2) is 0 Å². The SMILES string of the molecule is Cc1cc(N)ccc1NC(=O)CN1CC2CCC1C2. The molecule has 3 rings (SSSR count). The Morgan fingerprint density at radius 1 is 1.47 bits per heavy atom. The van der Waals surface area contributed by atoms with Crippen LogP contribution in [0.2, 0.25) is 0 Å². The summed E-state index contributed by atoms with van der Waals surface area (Å²) in [6.45, 7) is 3.58. The number of nitrogens with two attached hydrogens (primary N) is 1. The smallest absolute Gasteiger partial charge is 0.238 e. The number of rotatable bonds is 3. The fourth-order valence-electron chi connectivity index (χ4n) is 3.42. The fourth-order valence-corrected chi connectivity index (χ4v) is 3.42. The Morgan fingerprint density at radius 2 is 2.32 bits per heavy atom. The molecule has 1 aromatic carbocycles. The number of nitrogen functional groups attached to an aromatic ring is 1. The Bertz CT molecular complexity index is 500. The number of nitrogens with one attached hydrogen (secondary N) is 1. The summed E-state index contributed by atoms with van der Waals surface area (Å²) in [7, 11) is 0. The Labute approximate surface area is 114 Å². The second-order valence-corrected chi connectivity index (χ2v) is 5.88. The summed E-state index contributed by atoms with van der Waals surface area (Å²) in [5, 5.41) is 2.99. The molecular weight excluding hydrogens is 238 g/mol. The van der Waals surface area contributed by atoms with Crippen LogP contribution in [0.5, 0.6) is 0 Å². The van der Waals surface area contributed by atoms with Crippen molar-refractivity contribution in [1.29, 1.82) is 0 Å². The van der Waals surface area contributed by atoms with Gasteiger partial charge in [0.2, 0.25) is 5.91 Å². The number of nitrogens with zero attached hydrogens (tertiary/aromatic N) is 1. The van der Waals surface area contributed by atoms with Crippen molar-refractivity contribution in [3.05, 3.63) is 23.8 Å². The van der Waals surface area contributed by atoms with Crippen LogP contribution in [0.25, 0.3) is 0 Å². The fraction of sp³-hybridized carbons (Fsp3) is 0.533. The standard InChI is InChI=1S/C15H21N3O/c1-10-6-12(16)3-5-14(10)17-15(19)9-18-8-11-2-4-13(18)7-11/h3,5-6,11,13H,2,4,7-9,16H2,1H3,(H,17,19). The first-order chi connectivity index (χ1) is 9.11. The van der Waals surface area contributed by atoms with Crippen molar-refractivity contribution in [3.63, 3.8) is 0 Å². The Morgan fingerprint density at radius 3 is 2.95 bits per heavy atom. The normalized spacial score (nSPS) is 25.7. The predicted molar refractivity (Wildman–Crippen MR) is 76.9 cm³/mol. The topological polar surface area (TPSA) is 58.4 Å². The lowest BCUT2D eigenvalue weighted by molar-refractivity contribution is -0.117. The molecule has 4 heteroatoms.